The first-order valence-corrected chi connectivity index (χ1v) is 7.98. The predicted octanol–water partition coefficient (Wildman–Crippen LogP) is 2.89. The molecular weight excluding hydrogens is 304 g/mol. The van der Waals surface area contributed by atoms with Gasteiger partial charge in [-0.1, -0.05) is 5.16 Å². The van der Waals surface area contributed by atoms with Crippen LogP contribution in [0.4, 0.5) is 5.69 Å². The summed E-state index contributed by atoms with van der Waals surface area (Å²) < 4.78 is 15.6. The Bertz CT molecular complexity index is 679. The van der Waals surface area contributed by atoms with Gasteiger partial charge in [-0.25, -0.2) is 0 Å². The molecule has 0 bridgehead atoms. The third kappa shape index (κ3) is 3.19. The average molecular weight is 320 g/mol. The molecule has 1 aliphatic rings. The highest BCUT2D eigenvalue weighted by atomic mass is 32.2. The van der Waals surface area contributed by atoms with Crippen LogP contribution in [-0.2, 0) is 10.5 Å². The van der Waals surface area contributed by atoms with Crippen molar-refractivity contribution in [2.75, 3.05) is 17.9 Å². The maximum atomic E-state index is 12.0. The molecular formula is C15H16N2O4S. The van der Waals surface area contributed by atoms with Gasteiger partial charge in [0.1, 0.15) is 5.76 Å². The molecule has 3 rings (SSSR count). The molecule has 0 spiro atoms. The average Bonchev–Trinajstić information content (AvgIpc) is 3.07. The Hall–Kier alpha value is -2.15. The van der Waals surface area contributed by atoms with E-state index in [0.717, 1.165) is 17.0 Å². The third-order valence-electron chi connectivity index (χ3n) is 3.32. The number of hydrogen-bond acceptors (Lipinski definition) is 6. The summed E-state index contributed by atoms with van der Waals surface area (Å²) in [7, 11) is 0. The number of nitrogens with zero attached hydrogens (tertiary/aromatic N) is 1. The number of anilines is 1. The van der Waals surface area contributed by atoms with Crippen molar-refractivity contribution in [1.29, 1.82) is 0 Å². The van der Waals surface area contributed by atoms with Crippen molar-refractivity contribution < 1.29 is 18.8 Å². The topological polar surface area (TPSA) is 73.6 Å². The van der Waals surface area contributed by atoms with Crippen LogP contribution in [0.1, 0.15) is 17.0 Å². The summed E-state index contributed by atoms with van der Waals surface area (Å²) in [6.07, 6.45) is 0. The summed E-state index contributed by atoms with van der Waals surface area (Å²) >= 11 is 1.52. The summed E-state index contributed by atoms with van der Waals surface area (Å²) in [6.45, 7) is 4.00. The first kappa shape index (κ1) is 14.8. The monoisotopic (exact) mass is 320 g/mol. The van der Waals surface area contributed by atoms with Crippen molar-refractivity contribution in [2.45, 2.75) is 19.6 Å². The molecule has 1 aromatic carbocycles. The molecule has 1 aliphatic heterocycles. The quantitative estimate of drug-likeness (QED) is 0.913. The van der Waals surface area contributed by atoms with Crippen LogP contribution in [0.2, 0.25) is 0 Å². The van der Waals surface area contributed by atoms with E-state index in [1.165, 1.54) is 11.8 Å². The van der Waals surface area contributed by atoms with Gasteiger partial charge in [0.05, 0.1) is 11.4 Å². The zero-order chi connectivity index (χ0) is 15.5. The Kier molecular flexibility index (Phi) is 4.24. The molecule has 116 valence electrons. The van der Waals surface area contributed by atoms with E-state index in [0.29, 0.717) is 28.7 Å². The first-order chi connectivity index (χ1) is 10.6. The Morgan fingerprint density at radius 1 is 1.32 bits per heavy atom. The molecule has 7 heteroatoms. The Balaban J connectivity index is 1.50. The molecule has 2 aromatic rings. The number of amides is 1. The van der Waals surface area contributed by atoms with Crippen LogP contribution in [0.5, 0.6) is 11.5 Å². The van der Waals surface area contributed by atoms with Crippen molar-refractivity contribution in [2.24, 2.45) is 0 Å². The van der Waals surface area contributed by atoms with Gasteiger partial charge in [-0.05, 0) is 26.0 Å². The fourth-order valence-electron chi connectivity index (χ4n) is 2.13. The van der Waals surface area contributed by atoms with Crippen molar-refractivity contribution in [3.63, 3.8) is 0 Å². The Morgan fingerprint density at radius 3 is 2.91 bits per heavy atom. The highest BCUT2D eigenvalue weighted by molar-refractivity contribution is 7.99. The van der Waals surface area contributed by atoms with E-state index in [-0.39, 0.29) is 12.7 Å². The number of carbonyl (C=O) groups excluding carboxylic acids is 1. The lowest BCUT2D eigenvalue weighted by atomic mass is 10.2. The zero-order valence-corrected chi connectivity index (χ0v) is 13.2. The molecule has 0 fully saturated rings. The predicted molar refractivity (Wildman–Crippen MR) is 83.3 cm³/mol. The summed E-state index contributed by atoms with van der Waals surface area (Å²) in [4.78, 5) is 12.0. The third-order valence-corrected chi connectivity index (χ3v) is 4.28. The molecule has 6 nitrogen and oxygen atoms in total. The van der Waals surface area contributed by atoms with Gasteiger partial charge in [0.2, 0.25) is 12.7 Å². The number of thioether (sulfide) groups is 1. The van der Waals surface area contributed by atoms with Gasteiger partial charge >= 0.3 is 0 Å². The second-order valence-electron chi connectivity index (χ2n) is 4.91. The number of ether oxygens (including phenoxy) is 2. The number of fused-ring (bicyclic) bond motifs is 1. The van der Waals surface area contributed by atoms with Gasteiger partial charge in [0, 0.05) is 23.1 Å². The number of benzene rings is 1. The molecule has 2 heterocycles. The molecule has 22 heavy (non-hydrogen) atoms. The standard InChI is InChI=1S/C15H16N2O4S/c1-9-12(10(2)21-17-9)6-22-7-15(18)16-11-3-4-13-14(5-11)20-8-19-13/h3-5H,6-8H2,1-2H3,(H,16,18). The molecule has 1 amide bonds. The van der Waals surface area contributed by atoms with Gasteiger partial charge < -0.3 is 19.3 Å². The van der Waals surface area contributed by atoms with Gasteiger partial charge in [-0.15, -0.1) is 11.8 Å². The van der Waals surface area contributed by atoms with Crippen LogP contribution in [0.15, 0.2) is 22.7 Å². The minimum absolute atomic E-state index is 0.0596. The zero-order valence-electron chi connectivity index (χ0n) is 12.3. The van der Waals surface area contributed by atoms with Crippen LogP contribution in [-0.4, -0.2) is 23.6 Å². The van der Waals surface area contributed by atoms with Gasteiger partial charge in [0.25, 0.3) is 0 Å². The number of aromatic nitrogens is 1. The first-order valence-electron chi connectivity index (χ1n) is 6.82. The van der Waals surface area contributed by atoms with E-state index in [1.807, 2.05) is 13.8 Å². The van der Waals surface area contributed by atoms with E-state index in [1.54, 1.807) is 18.2 Å². The van der Waals surface area contributed by atoms with Crippen molar-refractivity contribution >= 4 is 23.4 Å². The molecule has 0 saturated carbocycles. The lowest BCUT2D eigenvalue weighted by Crippen LogP contribution is -2.14. The summed E-state index contributed by atoms with van der Waals surface area (Å²) in [5.41, 5.74) is 2.63. The molecule has 0 radical (unpaired) electrons. The van der Waals surface area contributed by atoms with Crippen molar-refractivity contribution in [1.82, 2.24) is 5.16 Å². The van der Waals surface area contributed by atoms with Crippen LogP contribution >= 0.6 is 11.8 Å². The summed E-state index contributed by atoms with van der Waals surface area (Å²) in [5.74, 6) is 3.16. The molecule has 0 saturated heterocycles. The Morgan fingerprint density at radius 2 is 2.14 bits per heavy atom. The van der Waals surface area contributed by atoms with Crippen LogP contribution in [0, 0.1) is 13.8 Å². The number of nitrogens with one attached hydrogen (secondary N) is 1. The van der Waals surface area contributed by atoms with E-state index in [4.69, 9.17) is 14.0 Å². The maximum Gasteiger partial charge on any atom is 0.234 e. The Labute approximate surface area is 132 Å². The second kappa shape index (κ2) is 6.31. The van der Waals surface area contributed by atoms with Gasteiger partial charge in [0.15, 0.2) is 11.5 Å². The number of hydrogen-bond donors (Lipinski definition) is 1. The largest absolute Gasteiger partial charge is 0.454 e. The molecule has 0 atom stereocenters. The number of rotatable bonds is 5. The van der Waals surface area contributed by atoms with Crippen LogP contribution < -0.4 is 14.8 Å². The van der Waals surface area contributed by atoms with Crippen LogP contribution in [0.3, 0.4) is 0 Å². The van der Waals surface area contributed by atoms with Crippen molar-refractivity contribution in [3.8, 4) is 11.5 Å². The van der Waals surface area contributed by atoms with Crippen molar-refractivity contribution in [3.05, 3.63) is 35.2 Å². The molecule has 1 N–H and O–H groups in total. The lowest BCUT2D eigenvalue weighted by Gasteiger charge is -2.06. The molecule has 1 aromatic heterocycles. The second-order valence-corrected chi connectivity index (χ2v) is 5.90. The van der Waals surface area contributed by atoms with Gasteiger partial charge in [-0.2, -0.15) is 0 Å². The number of aryl methyl sites for hydroxylation is 2. The minimum Gasteiger partial charge on any atom is -0.454 e. The van der Waals surface area contributed by atoms with E-state index >= 15 is 0 Å². The highest BCUT2D eigenvalue weighted by Crippen LogP contribution is 2.34. The fraction of sp³-hybridized carbons (Fsp3) is 0.333. The maximum absolute atomic E-state index is 12.0. The summed E-state index contributed by atoms with van der Waals surface area (Å²) in [5, 5.41) is 6.75. The summed E-state index contributed by atoms with van der Waals surface area (Å²) in [6, 6.07) is 5.35. The van der Waals surface area contributed by atoms with E-state index in [9.17, 15) is 4.79 Å². The van der Waals surface area contributed by atoms with E-state index < -0.39 is 0 Å². The fourth-order valence-corrected chi connectivity index (χ4v) is 3.10. The van der Waals surface area contributed by atoms with Gasteiger partial charge in [-0.3, -0.25) is 4.79 Å². The number of carbonyl (C=O) groups is 1. The molecule has 0 aliphatic carbocycles. The SMILES string of the molecule is Cc1noc(C)c1CSCC(=O)Nc1ccc2c(c1)OCO2. The smallest absolute Gasteiger partial charge is 0.234 e. The molecule has 0 unspecified atom stereocenters. The highest BCUT2D eigenvalue weighted by Gasteiger charge is 2.14. The normalized spacial score (nSPS) is 12.5. The van der Waals surface area contributed by atoms with Crippen LogP contribution in [0.25, 0.3) is 0 Å². The lowest BCUT2D eigenvalue weighted by molar-refractivity contribution is -0.113. The minimum atomic E-state index is -0.0596. The van der Waals surface area contributed by atoms with E-state index in [2.05, 4.69) is 10.5 Å².